The quantitative estimate of drug-likeness (QED) is 0.716. The predicted octanol–water partition coefficient (Wildman–Crippen LogP) is 3.39. The van der Waals surface area contributed by atoms with Gasteiger partial charge in [0.1, 0.15) is 12.1 Å². The maximum atomic E-state index is 12.4. The summed E-state index contributed by atoms with van der Waals surface area (Å²) in [4.78, 5) is 20.8. The van der Waals surface area contributed by atoms with Gasteiger partial charge >= 0.3 is 6.03 Å². The van der Waals surface area contributed by atoms with Crippen LogP contribution < -0.4 is 10.6 Å². The Morgan fingerprint density at radius 3 is 2.62 bits per heavy atom. The fourth-order valence-corrected chi connectivity index (χ4v) is 2.72. The molecule has 0 saturated carbocycles. The molecule has 2 aromatic heterocycles. The molecule has 0 aliphatic heterocycles. The van der Waals surface area contributed by atoms with Gasteiger partial charge in [0, 0.05) is 25.1 Å². The third kappa shape index (κ3) is 4.08. The molecule has 1 aromatic carbocycles. The Balaban J connectivity index is 1.58. The molecule has 1 atom stereocenters. The van der Waals surface area contributed by atoms with Crippen LogP contribution in [0.15, 0.2) is 67.4 Å². The fourth-order valence-electron chi connectivity index (χ4n) is 2.72. The molecular formula is C20H23N5O. The zero-order chi connectivity index (χ0) is 18.4. The lowest BCUT2D eigenvalue weighted by molar-refractivity contribution is 0.225. The highest BCUT2D eigenvalue weighted by Gasteiger charge is 2.26. The van der Waals surface area contributed by atoms with Crippen LogP contribution in [0.5, 0.6) is 0 Å². The number of pyridine rings is 1. The van der Waals surface area contributed by atoms with E-state index in [1.807, 2.05) is 60.2 Å². The molecule has 0 radical (unpaired) electrons. The lowest BCUT2D eigenvalue weighted by Crippen LogP contribution is -2.47. The summed E-state index contributed by atoms with van der Waals surface area (Å²) in [7, 11) is 0. The number of nitrogens with one attached hydrogen (secondary N) is 2. The second-order valence-corrected chi connectivity index (χ2v) is 6.35. The number of aromatic nitrogens is 3. The van der Waals surface area contributed by atoms with Gasteiger partial charge in [0.15, 0.2) is 0 Å². The summed E-state index contributed by atoms with van der Waals surface area (Å²) in [5, 5.41) is 5.98. The highest BCUT2D eigenvalue weighted by atomic mass is 16.2. The minimum Gasteiger partial charge on any atom is -0.334 e. The van der Waals surface area contributed by atoms with E-state index in [2.05, 4.69) is 27.5 Å². The van der Waals surface area contributed by atoms with Crippen LogP contribution in [0.1, 0.15) is 31.4 Å². The summed E-state index contributed by atoms with van der Waals surface area (Å²) in [5.41, 5.74) is 1.61. The number of hydrogen-bond donors (Lipinski definition) is 2. The van der Waals surface area contributed by atoms with E-state index in [1.165, 1.54) is 0 Å². The van der Waals surface area contributed by atoms with E-state index >= 15 is 0 Å². The number of rotatable bonds is 6. The topological polar surface area (TPSA) is 71.8 Å². The van der Waals surface area contributed by atoms with Crippen LogP contribution in [0.2, 0.25) is 0 Å². The number of amides is 2. The second kappa shape index (κ2) is 7.82. The highest BCUT2D eigenvalue weighted by molar-refractivity contribution is 5.75. The summed E-state index contributed by atoms with van der Waals surface area (Å²) in [5.74, 6) is 0.790. The van der Waals surface area contributed by atoms with Gasteiger partial charge in [-0.2, -0.15) is 0 Å². The molecule has 0 aliphatic rings. The van der Waals surface area contributed by atoms with Gasteiger partial charge in [0.2, 0.25) is 0 Å². The van der Waals surface area contributed by atoms with Crippen molar-refractivity contribution in [2.24, 2.45) is 0 Å². The lowest BCUT2D eigenvalue weighted by atomic mass is 9.89. The summed E-state index contributed by atoms with van der Waals surface area (Å²) < 4.78 is 1.83. The Bertz CT molecular complexity index is 830. The van der Waals surface area contributed by atoms with E-state index in [-0.39, 0.29) is 6.03 Å². The number of carbonyl (C=O) groups is 1. The molecule has 0 saturated heterocycles. The molecule has 0 aliphatic carbocycles. The Kier molecular flexibility index (Phi) is 5.31. The van der Waals surface area contributed by atoms with Gasteiger partial charge in [-0.15, -0.1) is 0 Å². The predicted molar refractivity (Wildman–Crippen MR) is 101 cm³/mol. The van der Waals surface area contributed by atoms with Crippen molar-refractivity contribution in [3.8, 4) is 5.82 Å². The number of carbonyl (C=O) groups excluding carboxylic acids is 1. The Hall–Kier alpha value is -3.15. The third-order valence-corrected chi connectivity index (χ3v) is 4.54. The van der Waals surface area contributed by atoms with Gasteiger partial charge in [-0.1, -0.05) is 43.3 Å². The van der Waals surface area contributed by atoms with Gasteiger partial charge in [-0.3, -0.25) is 4.57 Å². The molecular weight excluding hydrogens is 326 g/mol. The van der Waals surface area contributed by atoms with Crippen LogP contribution in [-0.4, -0.2) is 20.6 Å². The molecule has 0 spiro atoms. The first kappa shape index (κ1) is 17.7. The van der Waals surface area contributed by atoms with Crippen molar-refractivity contribution < 1.29 is 4.79 Å². The zero-order valence-corrected chi connectivity index (χ0v) is 15.0. The van der Waals surface area contributed by atoms with Gasteiger partial charge in [0.25, 0.3) is 0 Å². The van der Waals surface area contributed by atoms with Gasteiger partial charge < -0.3 is 10.6 Å². The van der Waals surface area contributed by atoms with Crippen LogP contribution in [0.4, 0.5) is 4.79 Å². The van der Waals surface area contributed by atoms with Crippen LogP contribution in [0, 0.1) is 0 Å². The Morgan fingerprint density at radius 1 is 1.19 bits per heavy atom. The van der Waals surface area contributed by atoms with E-state index < -0.39 is 5.54 Å². The van der Waals surface area contributed by atoms with Crippen molar-refractivity contribution in [2.45, 2.75) is 32.4 Å². The molecule has 26 heavy (non-hydrogen) atoms. The number of imidazole rings is 1. The summed E-state index contributed by atoms with van der Waals surface area (Å²) in [6, 6.07) is 13.6. The van der Waals surface area contributed by atoms with E-state index in [0.717, 1.165) is 23.4 Å². The highest BCUT2D eigenvalue weighted by Crippen LogP contribution is 2.23. The van der Waals surface area contributed by atoms with Crippen molar-refractivity contribution in [1.29, 1.82) is 0 Å². The normalized spacial score (nSPS) is 13.0. The molecule has 2 N–H and O–H groups in total. The van der Waals surface area contributed by atoms with Crippen molar-refractivity contribution in [3.63, 3.8) is 0 Å². The zero-order valence-electron chi connectivity index (χ0n) is 15.0. The number of nitrogens with zero attached hydrogens (tertiary/aromatic N) is 3. The maximum absolute atomic E-state index is 12.4. The number of benzene rings is 1. The van der Waals surface area contributed by atoms with E-state index in [0.29, 0.717) is 6.54 Å². The first-order valence-electron chi connectivity index (χ1n) is 8.65. The van der Waals surface area contributed by atoms with Crippen molar-refractivity contribution in [1.82, 2.24) is 25.2 Å². The molecule has 6 nitrogen and oxygen atoms in total. The first-order chi connectivity index (χ1) is 12.6. The molecule has 2 amide bonds. The van der Waals surface area contributed by atoms with Crippen molar-refractivity contribution in [3.05, 3.63) is 78.5 Å². The fraction of sp³-hybridized carbons (Fsp3) is 0.250. The lowest BCUT2D eigenvalue weighted by Gasteiger charge is -2.30. The molecule has 3 rings (SSSR count). The van der Waals surface area contributed by atoms with Crippen LogP contribution in [-0.2, 0) is 12.1 Å². The second-order valence-electron chi connectivity index (χ2n) is 6.35. The Morgan fingerprint density at radius 2 is 2.00 bits per heavy atom. The molecule has 134 valence electrons. The number of urea groups is 1. The SMILES string of the molecule is CC[C@@](C)(NC(=O)NCc1ccc(-n2ccnc2)nc1)c1ccccc1. The smallest absolute Gasteiger partial charge is 0.315 e. The average Bonchev–Trinajstić information content (AvgIpc) is 3.22. The molecule has 0 fully saturated rings. The molecule has 3 aromatic rings. The van der Waals surface area contributed by atoms with Gasteiger partial charge in [0.05, 0.1) is 5.54 Å². The molecule has 0 bridgehead atoms. The van der Waals surface area contributed by atoms with E-state index in [9.17, 15) is 4.79 Å². The summed E-state index contributed by atoms with van der Waals surface area (Å²) in [6.07, 6.45) is 7.79. The van der Waals surface area contributed by atoms with E-state index in [1.54, 1.807) is 18.7 Å². The number of hydrogen-bond acceptors (Lipinski definition) is 3. The van der Waals surface area contributed by atoms with Crippen LogP contribution >= 0.6 is 0 Å². The molecule has 2 heterocycles. The largest absolute Gasteiger partial charge is 0.334 e. The van der Waals surface area contributed by atoms with Crippen LogP contribution in [0.3, 0.4) is 0 Å². The average molecular weight is 349 g/mol. The third-order valence-electron chi connectivity index (χ3n) is 4.54. The standard InChI is InChI=1S/C20H23N5O/c1-3-20(2,17-7-5-4-6-8-17)24-19(26)23-14-16-9-10-18(22-13-16)25-12-11-21-15-25/h4-13,15H,3,14H2,1-2H3,(H2,23,24,26)/t20-/m1/s1. The van der Waals surface area contributed by atoms with Gasteiger partial charge in [-0.05, 0) is 30.5 Å². The maximum Gasteiger partial charge on any atom is 0.315 e. The van der Waals surface area contributed by atoms with Gasteiger partial charge in [-0.25, -0.2) is 14.8 Å². The van der Waals surface area contributed by atoms with Crippen LogP contribution in [0.25, 0.3) is 5.82 Å². The van der Waals surface area contributed by atoms with E-state index in [4.69, 9.17) is 0 Å². The van der Waals surface area contributed by atoms with Crippen molar-refractivity contribution >= 4 is 6.03 Å². The van der Waals surface area contributed by atoms with Crippen molar-refractivity contribution in [2.75, 3.05) is 0 Å². The minimum absolute atomic E-state index is 0.197. The molecule has 0 unspecified atom stereocenters. The summed E-state index contributed by atoms with van der Waals surface area (Å²) in [6.45, 7) is 4.51. The monoisotopic (exact) mass is 349 g/mol. The first-order valence-corrected chi connectivity index (χ1v) is 8.65. The minimum atomic E-state index is -0.408. The Labute approximate surface area is 153 Å². The summed E-state index contributed by atoms with van der Waals surface area (Å²) >= 11 is 0. The molecule has 6 heteroatoms.